The molecule has 0 aromatic heterocycles. The Morgan fingerprint density at radius 2 is 2.00 bits per heavy atom. The van der Waals surface area contributed by atoms with Gasteiger partial charge in [0, 0.05) is 12.0 Å². The Bertz CT molecular complexity index is 695. The molecule has 2 amide bonds. The highest BCUT2D eigenvalue weighted by atomic mass is 16.3. The van der Waals surface area contributed by atoms with Crippen LogP contribution in [0.5, 0.6) is 5.75 Å². The fraction of sp³-hybridized carbons (Fsp3) is 0.125. The van der Waals surface area contributed by atoms with Gasteiger partial charge < -0.3 is 5.11 Å². The Morgan fingerprint density at radius 3 is 2.80 bits per heavy atom. The Morgan fingerprint density at radius 1 is 1.15 bits per heavy atom. The second-order valence-corrected chi connectivity index (χ2v) is 4.88. The Balaban J connectivity index is 1.89. The van der Waals surface area contributed by atoms with E-state index in [-0.39, 0.29) is 24.0 Å². The molecule has 1 aliphatic heterocycles. The van der Waals surface area contributed by atoms with E-state index in [9.17, 15) is 14.7 Å². The van der Waals surface area contributed by atoms with Gasteiger partial charge in [0.15, 0.2) is 0 Å². The van der Waals surface area contributed by atoms with Gasteiger partial charge in [0.2, 0.25) is 5.91 Å². The number of amides is 2. The van der Waals surface area contributed by atoms with Crippen molar-refractivity contribution in [3.05, 3.63) is 58.7 Å². The fourth-order valence-electron chi connectivity index (χ4n) is 2.42. The van der Waals surface area contributed by atoms with Gasteiger partial charge in [0.25, 0.3) is 5.91 Å². The van der Waals surface area contributed by atoms with Gasteiger partial charge in [-0.2, -0.15) is 0 Å². The first-order valence-corrected chi connectivity index (χ1v) is 6.36. The third-order valence-corrected chi connectivity index (χ3v) is 3.37. The first kappa shape index (κ1) is 12.4. The summed E-state index contributed by atoms with van der Waals surface area (Å²) in [5.41, 5.74) is 3.30. The average Bonchev–Trinajstić information content (AvgIpc) is 2.39. The number of benzene rings is 1. The van der Waals surface area contributed by atoms with E-state index < -0.39 is 0 Å². The lowest BCUT2D eigenvalue weighted by Crippen LogP contribution is -2.37. The fourth-order valence-corrected chi connectivity index (χ4v) is 2.42. The average molecular weight is 267 g/mol. The van der Waals surface area contributed by atoms with E-state index in [1.165, 1.54) is 0 Å². The molecule has 4 heteroatoms. The summed E-state index contributed by atoms with van der Waals surface area (Å²) in [6.45, 7) is 0. The largest absolute Gasteiger partial charge is 0.508 e. The maximum atomic E-state index is 11.8. The highest BCUT2D eigenvalue weighted by Gasteiger charge is 2.26. The summed E-state index contributed by atoms with van der Waals surface area (Å²) in [6, 6.07) is 6.93. The Hall–Kier alpha value is -2.62. The van der Waals surface area contributed by atoms with Crippen molar-refractivity contribution in [2.24, 2.45) is 0 Å². The van der Waals surface area contributed by atoms with Gasteiger partial charge in [0.1, 0.15) is 5.75 Å². The smallest absolute Gasteiger partial charge is 0.254 e. The molecule has 0 fully saturated rings. The number of hydrogen-bond acceptors (Lipinski definition) is 3. The van der Waals surface area contributed by atoms with E-state index in [2.05, 4.69) is 5.32 Å². The van der Waals surface area contributed by atoms with Crippen molar-refractivity contribution >= 4 is 17.9 Å². The molecule has 0 spiro atoms. The molecule has 100 valence electrons. The van der Waals surface area contributed by atoms with E-state index in [0.717, 1.165) is 16.7 Å². The first-order valence-electron chi connectivity index (χ1n) is 6.36. The number of rotatable bonds is 1. The lowest BCUT2D eigenvalue weighted by Gasteiger charge is -2.21. The van der Waals surface area contributed by atoms with Crippen molar-refractivity contribution in [2.45, 2.75) is 12.8 Å². The molecule has 4 nitrogen and oxygen atoms in total. The highest BCUT2D eigenvalue weighted by molar-refractivity contribution is 6.09. The second-order valence-electron chi connectivity index (χ2n) is 4.88. The van der Waals surface area contributed by atoms with E-state index in [1.54, 1.807) is 18.2 Å². The first-order chi connectivity index (χ1) is 9.61. The van der Waals surface area contributed by atoms with Crippen LogP contribution < -0.4 is 5.32 Å². The molecule has 0 saturated heterocycles. The molecule has 1 heterocycles. The van der Waals surface area contributed by atoms with Crippen LogP contribution in [-0.4, -0.2) is 16.9 Å². The topological polar surface area (TPSA) is 66.4 Å². The van der Waals surface area contributed by atoms with Gasteiger partial charge in [-0.05, 0) is 28.8 Å². The maximum Gasteiger partial charge on any atom is 0.254 e. The molecule has 1 aliphatic carbocycles. The van der Waals surface area contributed by atoms with Gasteiger partial charge in [-0.25, -0.2) is 0 Å². The number of phenolic OH excluding ortho intramolecular Hbond substituents is 1. The third kappa shape index (κ3) is 2.40. The van der Waals surface area contributed by atoms with Crippen molar-refractivity contribution in [3.8, 4) is 5.75 Å². The van der Waals surface area contributed by atoms with Gasteiger partial charge >= 0.3 is 0 Å². The van der Waals surface area contributed by atoms with Crippen LogP contribution in [0.3, 0.4) is 0 Å². The minimum atomic E-state index is -0.303. The van der Waals surface area contributed by atoms with Crippen molar-refractivity contribution in [2.75, 3.05) is 0 Å². The summed E-state index contributed by atoms with van der Waals surface area (Å²) in [5, 5.41) is 11.8. The number of imide groups is 1. The number of aromatic hydroxyl groups is 1. The van der Waals surface area contributed by atoms with Crippen molar-refractivity contribution < 1.29 is 14.7 Å². The molecule has 2 N–H and O–H groups in total. The van der Waals surface area contributed by atoms with Gasteiger partial charge in [-0.1, -0.05) is 30.4 Å². The lowest BCUT2D eigenvalue weighted by atomic mass is 9.88. The van der Waals surface area contributed by atoms with Crippen LogP contribution in [0.25, 0.3) is 6.08 Å². The zero-order valence-corrected chi connectivity index (χ0v) is 10.7. The summed E-state index contributed by atoms with van der Waals surface area (Å²) >= 11 is 0. The van der Waals surface area contributed by atoms with Crippen LogP contribution in [0.1, 0.15) is 18.4 Å². The van der Waals surface area contributed by atoms with Crippen molar-refractivity contribution in [3.63, 3.8) is 0 Å². The van der Waals surface area contributed by atoms with Gasteiger partial charge in [-0.15, -0.1) is 0 Å². The Labute approximate surface area is 116 Å². The van der Waals surface area contributed by atoms with Crippen LogP contribution in [0, 0.1) is 0 Å². The van der Waals surface area contributed by atoms with Crippen LogP contribution in [-0.2, 0) is 9.59 Å². The molecule has 3 rings (SSSR count). The number of carbonyl (C=O) groups excluding carboxylic acids is 2. The summed E-state index contributed by atoms with van der Waals surface area (Å²) in [5.74, 6) is -0.346. The van der Waals surface area contributed by atoms with E-state index in [4.69, 9.17) is 0 Å². The Kier molecular flexibility index (Phi) is 2.99. The molecular formula is C16H13NO3. The molecule has 1 aromatic carbocycles. The lowest BCUT2D eigenvalue weighted by molar-refractivity contribution is -0.129. The number of hydrogen-bond donors (Lipinski definition) is 2. The molecule has 0 atom stereocenters. The molecule has 2 aliphatic rings. The minimum Gasteiger partial charge on any atom is -0.508 e. The van der Waals surface area contributed by atoms with Crippen LogP contribution in [0.4, 0.5) is 0 Å². The molecule has 1 aromatic rings. The number of phenols is 1. The minimum absolute atomic E-state index is 0.208. The molecule has 0 bridgehead atoms. The van der Waals surface area contributed by atoms with Crippen molar-refractivity contribution in [1.29, 1.82) is 0 Å². The predicted octanol–water partition coefficient (Wildman–Crippen LogP) is 2.08. The third-order valence-electron chi connectivity index (χ3n) is 3.37. The van der Waals surface area contributed by atoms with Crippen LogP contribution in [0.15, 0.2) is 53.1 Å². The van der Waals surface area contributed by atoms with Gasteiger partial charge in [0.05, 0.1) is 6.42 Å². The monoisotopic (exact) mass is 267 g/mol. The van der Waals surface area contributed by atoms with Crippen molar-refractivity contribution in [1.82, 2.24) is 5.32 Å². The quantitative estimate of drug-likeness (QED) is 0.765. The van der Waals surface area contributed by atoms with E-state index in [0.29, 0.717) is 12.0 Å². The summed E-state index contributed by atoms with van der Waals surface area (Å²) in [6.07, 6.45) is 6.42. The predicted molar refractivity (Wildman–Crippen MR) is 74.6 cm³/mol. The standard InChI is InChI=1S/C16H13NO3/c18-13-3-1-2-10(7-13)6-11-4-5-12-9-15(19)17-16(20)14(12)8-11/h1-7,18H,8-9H2,(H,17,19,20). The summed E-state index contributed by atoms with van der Waals surface area (Å²) in [4.78, 5) is 23.1. The molecule has 0 saturated carbocycles. The maximum absolute atomic E-state index is 11.8. The normalized spacial score (nSPS) is 20.1. The highest BCUT2D eigenvalue weighted by Crippen LogP contribution is 2.29. The van der Waals surface area contributed by atoms with Gasteiger partial charge in [-0.3, -0.25) is 14.9 Å². The number of allylic oxidation sites excluding steroid dienone is 3. The zero-order chi connectivity index (χ0) is 14.1. The number of nitrogens with one attached hydrogen (secondary N) is 1. The number of carbonyl (C=O) groups is 2. The van der Waals surface area contributed by atoms with Crippen LogP contribution >= 0.6 is 0 Å². The zero-order valence-electron chi connectivity index (χ0n) is 10.7. The molecule has 0 radical (unpaired) electrons. The molecule has 0 unspecified atom stereocenters. The van der Waals surface area contributed by atoms with Crippen LogP contribution in [0.2, 0.25) is 0 Å². The second kappa shape index (κ2) is 4.81. The SMILES string of the molecule is O=C1CC2=C(CC(=Cc3cccc(O)c3)C=C2)C(=O)N1. The van der Waals surface area contributed by atoms with E-state index >= 15 is 0 Å². The molecular weight excluding hydrogens is 254 g/mol. The van der Waals surface area contributed by atoms with E-state index in [1.807, 2.05) is 24.3 Å². The summed E-state index contributed by atoms with van der Waals surface area (Å²) in [7, 11) is 0. The molecule has 20 heavy (non-hydrogen) atoms. The summed E-state index contributed by atoms with van der Waals surface area (Å²) < 4.78 is 0.